The first-order valence-corrected chi connectivity index (χ1v) is 5.92. The zero-order chi connectivity index (χ0) is 14.3. The van der Waals surface area contributed by atoms with Crippen LogP contribution < -0.4 is 5.32 Å². The van der Waals surface area contributed by atoms with Crippen LogP contribution in [0.4, 0.5) is 8.78 Å². The lowest BCUT2D eigenvalue weighted by Gasteiger charge is -2.18. The van der Waals surface area contributed by atoms with Gasteiger partial charge in [0.1, 0.15) is 11.6 Å². The number of ether oxygens (including phenoxy) is 1. The molecule has 0 aliphatic rings. The molecule has 4 nitrogen and oxygen atoms in total. The Kier molecular flexibility index (Phi) is 6.38. The number of hydrogen-bond donors (Lipinski definition) is 1. The van der Waals surface area contributed by atoms with E-state index in [2.05, 4.69) is 5.32 Å². The van der Waals surface area contributed by atoms with E-state index >= 15 is 0 Å². The molecule has 1 rings (SSSR count). The van der Waals surface area contributed by atoms with Crippen molar-refractivity contribution in [3.8, 4) is 0 Å². The second-order valence-corrected chi connectivity index (χ2v) is 4.16. The number of methoxy groups -OCH3 is 1. The van der Waals surface area contributed by atoms with E-state index in [0.717, 1.165) is 6.07 Å². The van der Waals surface area contributed by atoms with E-state index < -0.39 is 11.6 Å². The number of amides is 1. The molecule has 0 aromatic heterocycles. The molecule has 19 heavy (non-hydrogen) atoms. The van der Waals surface area contributed by atoms with E-state index in [1.807, 2.05) is 0 Å². The highest BCUT2D eigenvalue weighted by atomic mass is 19.1. The van der Waals surface area contributed by atoms with Crippen molar-refractivity contribution in [2.24, 2.45) is 0 Å². The van der Waals surface area contributed by atoms with Crippen LogP contribution >= 0.6 is 0 Å². The van der Waals surface area contributed by atoms with Crippen molar-refractivity contribution in [1.82, 2.24) is 10.2 Å². The average Bonchev–Trinajstić information content (AvgIpc) is 2.37. The van der Waals surface area contributed by atoms with E-state index in [1.165, 1.54) is 17.0 Å². The quantitative estimate of drug-likeness (QED) is 0.757. The summed E-state index contributed by atoms with van der Waals surface area (Å²) in [7, 11) is 3.15. The number of nitrogens with one attached hydrogen (secondary N) is 1. The fourth-order valence-electron chi connectivity index (χ4n) is 1.50. The Bertz CT molecular complexity index is 427. The molecule has 0 fully saturated rings. The highest BCUT2D eigenvalue weighted by Gasteiger charge is 2.11. The Morgan fingerprint density at radius 1 is 1.42 bits per heavy atom. The smallest absolute Gasteiger partial charge is 0.236 e. The number of benzene rings is 1. The summed E-state index contributed by atoms with van der Waals surface area (Å²) in [5.74, 6) is -1.44. The topological polar surface area (TPSA) is 41.6 Å². The van der Waals surface area contributed by atoms with Crippen molar-refractivity contribution in [2.75, 3.05) is 33.9 Å². The lowest BCUT2D eigenvalue weighted by atomic mass is 10.2. The summed E-state index contributed by atoms with van der Waals surface area (Å²) < 4.78 is 31.0. The Morgan fingerprint density at radius 2 is 2.16 bits per heavy atom. The highest BCUT2D eigenvalue weighted by molar-refractivity contribution is 5.77. The van der Waals surface area contributed by atoms with Crippen LogP contribution in [0, 0.1) is 11.6 Å². The summed E-state index contributed by atoms with van der Waals surface area (Å²) in [6.45, 7) is 1.35. The molecule has 0 unspecified atom stereocenters. The zero-order valence-electron chi connectivity index (χ0n) is 11.1. The summed E-state index contributed by atoms with van der Waals surface area (Å²) >= 11 is 0. The average molecular weight is 272 g/mol. The van der Waals surface area contributed by atoms with Gasteiger partial charge in [0, 0.05) is 38.9 Å². The molecule has 0 heterocycles. The summed E-state index contributed by atoms with van der Waals surface area (Å²) in [5.41, 5.74) is 0.286. The number of nitrogens with zero attached hydrogens (tertiary/aromatic N) is 1. The summed E-state index contributed by atoms with van der Waals surface area (Å²) in [6, 6.07) is 3.32. The second-order valence-electron chi connectivity index (χ2n) is 4.16. The largest absolute Gasteiger partial charge is 0.383 e. The van der Waals surface area contributed by atoms with Crippen LogP contribution in [-0.2, 0) is 16.1 Å². The van der Waals surface area contributed by atoms with Gasteiger partial charge in [-0.2, -0.15) is 0 Å². The van der Waals surface area contributed by atoms with E-state index in [9.17, 15) is 13.6 Å². The zero-order valence-corrected chi connectivity index (χ0v) is 11.1. The molecule has 0 aliphatic carbocycles. The van der Waals surface area contributed by atoms with E-state index in [-0.39, 0.29) is 24.6 Å². The molecule has 0 saturated heterocycles. The minimum Gasteiger partial charge on any atom is -0.383 e. The molecule has 0 bridgehead atoms. The van der Waals surface area contributed by atoms with E-state index in [0.29, 0.717) is 13.2 Å². The Morgan fingerprint density at radius 3 is 2.79 bits per heavy atom. The first-order valence-electron chi connectivity index (χ1n) is 5.92. The Balaban J connectivity index is 2.45. The highest BCUT2D eigenvalue weighted by Crippen LogP contribution is 2.11. The van der Waals surface area contributed by atoms with Crippen LogP contribution in [0.25, 0.3) is 0 Å². The van der Waals surface area contributed by atoms with Crippen LogP contribution in [0.5, 0.6) is 0 Å². The number of likely N-dealkylation sites (N-methyl/N-ethyl adjacent to an activating group) is 1. The molecule has 106 valence electrons. The first kappa shape index (κ1) is 15.5. The van der Waals surface area contributed by atoms with Gasteiger partial charge in [-0.25, -0.2) is 8.78 Å². The minimum absolute atomic E-state index is 0.108. The third-order valence-corrected chi connectivity index (χ3v) is 2.61. The molecular weight excluding hydrogens is 254 g/mol. The number of rotatable bonds is 7. The van der Waals surface area contributed by atoms with Gasteiger partial charge in [0.05, 0.1) is 13.2 Å². The number of carbonyl (C=O) groups excluding carboxylic acids is 1. The summed E-state index contributed by atoms with van der Waals surface area (Å²) in [6.07, 6.45) is 0. The van der Waals surface area contributed by atoms with Gasteiger partial charge < -0.3 is 15.0 Å². The molecule has 1 N–H and O–H groups in total. The monoisotopic (exact) mass is 272 g/mol. The van der Waals surface area contributed by atoms with Crippen molar-refractivity contribution in [2.45, 2.75) is 6.54 Å². The van der Waals surface area contributed by atoms with E-state index in [1.54, 1.807) is 14.2 Å². The minimum atomic E-state index is -0.646. The van der Waals surface area contributed by atoms with Crippen molar-refractivity contribution in [3.63, 3.8) is 0 Å². The Hall–Kier alpha value is -1.53. The van der Waals surface area contributed by atoms with Crippen LogP contribution in [0.15, 0.2) is 18.2 Å². The fourth-order valence-corrected chi connectivity index (χ4v) is 1.50. The van der Waals surface area contributed by atoms with Gasteiger partial charge in [-0.3, -0.25) is 4.79 Å². The number of hydrogen-bond acceptors (Lipinski definition) is 3. The molecule has 6 heteroatoms. The molecule has 0 radical (unpaired) electrons. The Labute approximate surface area is 111 Å². The molecular formula is C13H18F2N2O2. The van der Waals surface area contributed by atoms with Crippen LogP contribution in [0.2, 0.25) is 0 Å². The van der Waals surface area contributed by atoms with Gasteiger partial charge in [-0.05, 0) is 6.07 Å². The SMILES string of the molecule is COCCNCC(=O)N(C)Cc1ccc(F)cc1F. The van der Waals surface area contributed by atoms with Gasteiger partial charge in [-0.1, -0.05) is 6.07 Å². The summed E-state index contributed by atoms with van der Waals surface area (Å²) in [4.78, 5) is 13.1. The lowest BCUT2D eigenvalue weighted by molar-refractivity contribution is -0.129. The second kappa shape index (κ2) is 7.81. The van der Waals surface area contributed by atoms with Gasteiger partial charge in [0.15, 0.2) is 0 Å². The summed E-state index contributed by atoms with van der Waals surface area (Å²) in [5, 5.41) is 2.91. The molecule has 0 spiro atoms. The molecule has 1 aromatic rings. The molecule has 0 atom stereocenters. The van der Waals surface area contributed by atoms with Crippen LogP contribution in [0.3, 0.4) is 0 Å². The van der Waals surface area contributed by atoms with E-state index in [4.69, 9.17) is 4.74 Å². The van der Waals surface area contributed by atoms with Gasteiger partial charge in [0.25, 0.3) is 0 Å². The maximum atomic E-state index is 13.4. The van der Waals surface area contributed by atoms with Crippen LogP contribution in [-0.4, -0.2) is 44.7 Å². The van der Waals surface area contributed by atoms with Crippen LogP contribution in [0.1, 0.15) is 5.56 Å². The third-order valence-electron chi connectivity index (χ3n) is 2.61. The first-order chi connectivity index (χ1) is 9.04. The predicted octanol–water partition coefficient (Wildman–Crippen LogP) is 1.16. The molecule has 1 amide bonds. The number of carbonyl (C=O) groups is 1. The van der Waals surface area contributed by atoms with Crippen molar-refractivity contribution in [3.05, 3.63) is 35.4 Å². The maximum Gasteiger partial charge on any atom is 0.236 e. The third kappa shape index (κ3) is 5.32. The van der Waals surface area contributed by atoms with Crippen molar-refractivity contribution in [1.29, 1.82) is 0 Å². The molecule has 1 aromatic carbocycles. The standard InChI is InChI=1S/C13H18F2N2O2/c1-17(13(18)8-16-5-6-19-2)9-10-3-4-11(14)7-12(10)15/h3-4,7,16H,5-6,8-9H2,1-2H3. The van der Waals surface area contributed by atoms with Gasteiger partial charge in [-0.15, -0.1) is 0 Å². The van der Waals surface area contributed by atoms with Gasteiger partial charge in [0.2, 0.25) is 5.91 Å². The predicted molar refractivity (Wildman–Crippen MR) is 67.6 cm³/mol. The number of halogens is 2. The maximum absolute atomic E-state index is 13.4. The molecule has 0 aliphatic heterocycles. The normalized spacial score (nSPS) is 10.5. The molecule has 0 saturated carbocycles. The van der Waals surface area contributed by atoms with Gasteiger partial charge >= 0.3 is 0 Å². The van der Waals surface area contributed by atoms with Crippen molar-refractivity contribution < 1.29 is 18.3 Å². The van der Waals surface area contributed by atoms with Crippen molar-refractivity contribution >= 4 is 5.91 Å². The lowest BCUT2D eigenvalue weighted by Crippen LogP contribution is -2.36. The fraction of sp³-hybridized carbons (Fsp3) is 0.462.